The molecule has 1 aliphatic carbocycles. The quantitative estimate of drug-likeness (QED) is 0.554. The second kappa shape index (κ2) is 3.53. The van der Waals surface area contributed by atoms with E-state index < -0.39 is 0 Å². The Balaban J connectivity index is 2.32. The molecule has 2 atom stereocenters. The fourth-order valence-electron chi connectivity index (χ4n) is 1.28. The molecule has 3 heteroatoms. The van der Waals surface area contributed by atoms with Crippen LogP contribution in [-0.4, -0.2) is 23.7 Å². The van der Waals surface area contributed by atoms with Gasteiger partial charge < -0.3 is 10.4 Å². The lowest BCUT2D eigenvalue weighted by atomic mass is 10.1. The number of carbonyl (C=O) groups is 1. The molecule has 0 saturated carbocycles. The maximum atomic E-state index is 10.6. The summed E-state index contributed by atoms with van der Waals surface area (Å²) in [5, 5.41) is 11.5. The second-order valence-corrected chi connectivity index (χ2v) is 2.87. The van der Waals surface area contributed by atoms with Crippen LogP contribution in [0.15, 0.2) is 12.2 Å². The van der Waals surface area contributed by atoms with Crippen LogP contribution in [0.3, 0.4) is 0 Å². The van der Waals surface area contributed by atoms with E-state index in [-0.39, 0.29) is 24.5 Å². The van der Waals surface area contributed by atoms with Gasteiger partial charge >= 0.3 is 0 Å². The summed E-state index contributed by atoms with van der Waals surface area (Å²) in [6, 6.07) is 0.129. The summed E-state index contributed by atoms with van der Waals surface area (Å²) in [5.74, 6) is 0.213. The predicted molar refractivity (Wildman–Crippen MR) is 41.9 cm³/mol. The van der Waals surface area contributed by atoms with Gasteiger partial charge in [-0.05, 0) is 6.42 Å². The lowest BCUT2D eigenvalue weighted by Crippen LogP contribution is -2.30. The summed E-state index contributed by atoms with van der Waals surface area (Å²) in [6.07, 6.45) is 4.71. The Kier molecular flexibility index (Phi) is 2.65. The third-order valence-corrected chi connectivity index (χ3v) is 1.80. The first-order valence-corrected chi connectivity index (χ1v) is 3.78. The third-order valence-electron chi connectivity index (χ3n) is 1.80. The third kappa shape index (κ3) is 2.35. The predicted octanol–water partition coefficient (Wildman–Crippen LogP) is 0.0595. The van der Waals surface area contributed by atoms with Crippen molar-refractivity contribution in [3.8, 4) is 0 Å². The van der Waals surface area contributed by atoms with Gasteiger partial charge in [0, 0.05) is 25.5 Å². The highest BCUT2D eigenvalue weighted by molar-refractivity contribution is 5.73. The van der Waals surface area contributed by atoms with Crippen LogP contribution in [0.25, 0.3) is 0 Å². The van der Waals surface area contributed by atoms with Crippen molar-refractivity contribution in [3.63, 3.8) is 0 Å². The van der Waals surface area contributed by atoms with Crippen LogP contribution in [0, 0.1) is 5.92 Å². The minimum absolute atomic E-state index is 0.0155. The molecule has 0 saturated heterocycles. The van der Waals surface area contributed by atoms with Gasteiger partial charge in [-0.1, -0.05) is 12.2 Å². The van der Waals surface area contributed by atoms with Crippen LogP contribution in [0.5, 0.6) is 0 Å². The number of aliphatic hydroxyl groups excluding tert-OH is 1. The highest BCUT2D eigenvalue weighted by atomic mass is 16.3. The maximum absolute atomic E-state index is 10.6. The first-order valence-electron chi connectivity index (χ1n) is 3.78. The molecule has 0 heterocycles. The molecule has 0 aliphatic heterocycles. The molecule has 0 bridgehead atoms. The molecule has 1 amide bonds. The first-order chi connectivity index (χ1) is 5.22. The summed E-state index contributed by atoms with van der Waals surface area (Å²) in [4.78, 5) is 10.6. The molecule has 62 valence electrons. The van der Waals surface area contributed by atoms with Gasteiger partial charge in [-0.25, -0.2) is 0 Å². The highest BCUT2D eigenvalue weighted by Gasteiger charge is 2.17. The monoisotopic (exact) mass is 155 g/mol. The van der Waals surface area contributed by atoms with Crippen molar-refractivity contribution in [2.45, 2.75) is 19.4 Å². The van der Waals surface area contributed by atoms with Crippen LogP contribution in [-0.2, 0) is 4.79 Å². The topological polar surface area (TPSA) is 49.3 Å². The number of amides is 1. The number of aliphatic hydroxyl groups is 1. The minimum Gasteiger partial charge on any atom is -0.396 e. The molecule has 0 aromatic rings. The Hall–Kier alpha value is -0.830. The van der Waals surface area contributed by atoms with Crippen molar-refractivity contribution in [1.29, 1.82) is 0 Å². The molecule has 0 aromatic heterocycles. The average molecular weight is 155 g/mol. The van der Waals surface area contributed by atoms with Gasteiger partial charge in [-0.3, -0.25) is 4.79 Å². The van der Waals surface area contributed by atoms with E-state index in [4.69, 9.17) is 5.11 Å². The van der Waals surface area contributed by atoms with Gasteiger partial charge in [-0.2, -0.15) is 0 Å². The molecule has 2 N–H and O–H groups in total. The van der Waals surface area contributed by atoms with E-state index in [2.05, 4.69) is 5.32 Å². The van der Waals surface area contributed by atoms with Crippen molar-refractivity contribution in [1.82, 2.24) is 5.32 Å². The number of hydrogen-bond donors (Lipinski definition) is 2. The molecular weight excluding hydrogens is 142 g/mol. The molecule has 0 fully saturated rings. The summed E-state index contributed by atoms with van der Waals surface area (Å²) in [7, 11) is 0. The Morgan fingerprint density at radius 2 is 2.45 bits per heavy atom. The summed E-state index contributed by atoms with van der Waals surface area (Å²) < 4.78 is 0. The van der Waals surface area contributed by atoms with E-state index in [1.165, 1.54) is 6.92 Å². The smallest absolute Gasteiger partial charge is 0.217 e. The Bertz CT molecular complexity index is 177. The van der Waals surface area contributed by atoms with Crippen LogP contribution in [0.2, 0.25) is 0 Å². The zero-order valence-corrected chi connectivity index (χ0v) is 6.58. The molecule has 0 spiro atoms. The van der Waals surface area contributed by atoms with Crippen molar-refractivity contribution in [2.24, 2.45) is 5.92 Å². The summed E-state index contributed by atoms with van der Waals surface area (Å²) >= 11 is 0. The second-order valence-electron chi connectivity index (χ2n) is 2.87. The Morgan fingerprint density at radius 1 is 1.73 bits per heavy atom. The van der Waals surface area contributed by atoms with Gasteiger partial charge in [0.2, 0.25) is 5.91 Å². The van der Waals surface area contributed by atoms with Gasteiger partial charge in [0.15, 0.2) is 0 Å². The van der Waals surface area contributed by atoms with Crippen LogP contribution >= 0.6 is 0 Å². The molecule has 1 rings (SSSR count). The fourth-order valence-corrected chi connectivity index (χ4v) is 1.28. The Morgan fingerprint density at radius 3 is 2.91 bits per heavy atom. The van der Waals surface area contributed by atoms with E-state index in [0.717, 1.165) is 6.42 Å². The van der Waals surface area contributed by atoms with Crippen LogP contribution in [0.4, 0.5) is 0 Å². The molecule has 11 heavy (non-hydrogen) atoms. The zero-order chi connectivity index (χ0) is 8.27. The SMILES string of the molecule is CC(=O)N[C@H]1C=C[C@@H](CO)C1. The number of carbonyl (C=O) groups excluding carboxylic acids is 1. The van der Waals surface area contributed by atoms with Gasteiger partial charge in [0.25, 0.3) is 0 Å². The molecule has 0 aromatic carbocycles. The Labute approximate surface area is 66.1 Å². The van der Waals surface area contributed by atoms with E-state index in [9.17, 15) is 4.79 Å². The molecular formula is C8H13NO2. The van der Waals surface area contributed by atoms with Crippen molar-refractivity contribution >= 4 is 5.91 Å². The lowest BCUT2D eigenvalue weighted by Gasteiger charge is -2.10. The van der Waals surface area contributed by atoms with E-state index in [0.29, 0.717) is 0 Å². The minimum atomic E-state index is -0.0155. The first kappa shape index (κ1) is 8.27. The van der Waals surface area contributed by atoms with Gasteiger partial charge in [-0.15, -0.1) is 0 Å². The van der Waals surface area contributed by atoms with Crippen LogP contribution in [0.1, 0.15) is 13.3 Å². The number of rotatable bonds is 2. The number of hydrogen-bond acceptors (Lipinski definition) is 2. The van der Waals surface area contributed by atoms with Crippen molar-refractivity contribution in [3.05, 3.63) is 12.2 Å². The van der Waals surface area contributed by atoms with E-state index >= 15 is 0 Å². The van der Waals surface area contributed by atoms with Gasteiger partial charge in [0.1, 0.15) is 0 Å². The zero-order valence-electron chi connectivity index (χ0n) is 6.58. The normalized spacial score (nSPS) is 28.9. The molecule has 0 radical (unpaired) electrons. The summed E-state index contributed by atoms with van der Waals surface area (Å²) in [5.41, 5.74) is 0. The highest BCUT2D eigenvalue weighted by Crippen LogP contribution is 2.16. The number of nitrogens with one attached hydrogen (secondary N) is 1. The molecule has 3 nitrogen and oxygen atoms in total. The standard InChI is InChI=1S/C8H13NO2/c1-6(11)9-8-3-2-7(4-8)5-10/h2-3,7-8,10H,4-5H2,1H3,(H,9,11)/t7-,8+/m1/s1. The molecule has 1 aliphatic rings. The largest absolute Gasteiger partial charge is 0.396 e. The average Bonchev–Trinajstić information content (AvgIpc) is 2.34. The lowest BCUT2D eigenvalue weighted by molar-refractivity contribution is -0.119. The summed E-state index contributed by atoms with van der Waals surface area (Å²) in [6.45, 7) is 1.67. The van der Waals surface area contributed by atoms with Crippen LogP contribution < -0.4 is 5.32 Å². The molecule has 0 unspecified atom stereocenters. The van der Waals surface area contributed by atoms with E-state index in [1.807, 2.05) is 12.2 Å². The maximum Gasteiger partial charge on any atom is 0.217 e. The van der Waals surface area contributed by atoms with Gasteiger partial charge in [0.05, 0.1) is 0 Å². The fraction of sp³-hybridized carbons (Fsp3) is 0.625. The van der Waals surface area contributed by atoms with Crippen molar-refractivity contribution < 1.29 is 9.90 Å². The van der Waals surface area contributed by atoms with E-state index in [1.54, 1.807) is 0 Å². The van der Waals surface area contributed by atoms with Crippen molar-refractivity contribution in [2.75, 3.05) is 6.61 Å².